The second-order valence-corrected chi connectivity index (χ2v) is 6.49. The number of carbonyl (C=O) groups is 1. The summed E-state index contributed by atoms with van der Waals surface area (Å²) in [7, 11) is 2.07. The number of hydrogen-bond donors (Lipinski definition) is 0. The van der Waals surface area contributed by atoms with E-state index in [1.54, 1.807) is 0 Å². The van der Waals surface area contributed by atoms with Crippen LogP contribution in [0, 0.1) is 6.92 Å². The maximum absolute atomic E-state index is 12.8. The summed E-state index contributed by atoms with van der Waals surface area (Å²) in [5.41, 5.74) is 2.08. The zero-order valence-corrected chi connectivity index (χ0v) is 14.3. The first kappa shape index (κ1) is 15.2. The molecule has 0 atom stereocenters. The van der Waals surface area contributed by atoms with Gasteiger partial charge in [-0.05, 0) is 38.2 Å². The molecule has 22 heavy (non-hydrogen) atoms. The second kappa shape index (κ2) is 6.22. The quantitative estimate of drug-likeness (QED) is 0.822. The minimum Gasteiger partial charge on any atom is -0.355 e. The Morgan fingerprint density at radius 1 is 1.18 bits per heavy atom. The van der Waals surface area contributed by atoms with Crippen molar-refractivity contribution in [3.05, 3.63) is 40.0 Å². The number of aromatic nitrogens is 1. The van der Waals surface area contributed by atoms with Gasteiger partial charge in [0, 0.05) is 36.2 Å². The summed E-state index contributed by atoms with van der Waals surface area (Å²) in [6.45, 7) is 5.07. The van der Waals surface area contributed by atoms with Crippen LogP contribution in [-0.4, -0.2) is 54.1 Å². The van der Waals surface area contributed by atoms with Crippen LogP contribution in [0.1, 0.15) is 16.1 Å². The third kappa shape index (κ3) is 2.94. The fourth-order valence-corrected chi connectivity index (χ4v) is 2.85. The van der Waals surface area contributed by atoms with Gasteiger partial charge in [-0.1, -0.05) is 21.1 Å². The lowest BCUT2D eigenvalue weighted by Gasteiger charge is -2.32. The molecule has 3 rings (SSSR count). The first-order valence-electron chi connectivity index (χ1n) is 7.26. The number of rotatable bonds is 2. The van der Waals surface area contributed by atoms with E-state index in [1.165, 1.54) is 0 Å². The van der Waals surface area contributed by atoms with Gasteiger partial charge in [0.15, 0.2) is 5.76 Å². The molecule has 1 amide bonds. The molecule has 2 aromatic rings. The summed E-state index contributed by atoms with van der Waals surface area (Å²) in [5.74, 6) is 0.554. The molecule has 1 saturated heterocycles. The van der Waals surface area contributed by atoms with Gasteiger partial charge in [-0.25, -0.2) is 0 Å². The molecule has 1 aliphatic rings. The van der Waals surface area contributed by atoms with Gasteiger partial charge in [0.05, 0.1) is 5.69 Å². The van der Waals surface area contributed by atoms with Gasteiger partial charge in [0.2, 0.25) is 0 Å². The van der Waals surface area contributed by atoms with Crippen molar-refractivity contribution < 1.29 is 9.32 Å². The standard InChI is InChI=1S/C16H18BrN3O2/c1-11-14(16(21)20-9-7-19(2)8-10-20)15(22-18-11)12-3-5-13(17)6-4-12/h3-6H,7-10H2,1-2H3. The van der Waals surface area contributed by atoms with Crippen molar-refractivity contribution >= 4 is 21.8 Å². The van der Waals surface area contributed by atoms with Crippen LogP contribution >= 0.6 is 15.9 Å². The molecule has 0 unspecified atom stereocenters. The molecule has 2 heterocycles. The Hall–Kier alpha value is -1.66. The number of benzene rings is 1. The van der Waals surface area contributed by atoms with E-state index in [0.29, 0.717) is 17.0 Å². The number of likely N-dealkylation sites (N-methyl/N-ethyl adjacent to an activating group) is 1. The number of piperazine rings is 1. The molecule has 1 fully saturated rings. The zero-order valence-electron chi connectivity index (χ0n) is 12.7. The average molecular weight is 364 g/mol. The lowest BCUT2D eigenvalue weighted by Crippen LogP contribution is -2.47. The SMILES string of the molecule is Cc1noc(-c2ccc(Br)cc2)c1C(=O)N1CCN(C)CC1. The molecule has 1 aromatic heterocycles. The highest BCUT2D eigenvalue weighted by atomic mass is 79.9. The van der Waals surface area contributed by atoms with Crippen LogP contribution < -0.4 is 0 Å². The van der Waals surface area contributed by atoms with Crippen LogP contribution in [-0.2, 0) is 0 Å². The molecule has 0 aliphatic carbocycles. The van der Waals surface area contributed by atoms with E-state index in [1.807, 2.05) is 36.1 Å². The second-order valence-electron chi connectivity index (χ2n) is 5.57. The Labute approximate surface area is 138 Å². The smallest absolute Gasteiger partial charge is 0.259 e. The molecule has 0 spiro atoms. The van der Waals surface area contributed by atoms with Gasteiger partial charge in [-0.2, -0.15) is 0 Å². The Bertz CT molecular complexity index is 673. The van der Waals surface area contributed by atoms with Crippen LogP contribution in [0.2, 0.25) is 0 Å². The van der Waals surface area contributed by atoms with Gasteiger partial charge < -0.3 is 14.3 Å². The summed E-state index contributed by atoms with van der Waals surface area (Å²) >= 11 is 3.41. The van der Waals surface area contributed by atoms with E-state index in [-0.39, 0.29) is 5.91 Å². The lowest BCUT2D eigenvalue weighted by molar-refractivity contribution is 0.0664. The summed E-state index contributed by atoms with van der Waals surface area (Å²) in [6.07, 6.45) is 0. The number of halogens is 1. The van der Waals surface area contributed by atoms with E-state index in [9.17, 15) is 4.79 Å². The van der Waals surface area contributed by atoms with Crippen molar-refractivity contribution in [2.24, 2.45) is 0 Å². The van der Waals surface area contributed by atoms with Gasteiger partial charge in [0.1, 0.15) is 5.56 Å². The largest absolute Gasteiger partial charge is 0.355 e. The topological polar surface area (TPSA) is 49.6 Å². The van der Waals surface area contributed by atoms with Gasteiger partial charge in [-0.15, -0.1) is 0 Å². The third-order valence-electron chi connectivity index (χ3n) is 3.97. The summed E-state index contributed by atoms with van der Waals surface area (Å²) in [6, 6.07) is 7.70. The molecule has 116 valence electrons. The highest BCUT2D eigenvalue weighted by Gasteiger charge is 2.27. The Balaban J connectivity index is 1.92. The molecule has 0 saturated carbocycles. The molecule has 5 nitrogen and oxygen atoms in total. The van der Waals surface area contributed by atoms with E-state index >= 15 is 0 Å². The number of nitrogens with zero attached hydrogens (tertiary/aromatic N) is 3. The molecule has 1 aliphatic heterocycles. The molecular weight excluding hydrogens is 346 g/mol. The van der Waals surface area contributed by atoms with E-state index in [4.69, 9.17) is 4.52 Å². The number of carbonyl (C=O) groups excluding carboxylic acids is 1. The predicted molar refractivity (Wildman–Crippen MR) is 87.8 cm³/mol. The van der Waals surface area contributed by atoms with Crippen LogP contribution in [0.5, 0.6) is 0 Å². The third-order valence-corrected chi connectivity index (χ3v) is 4.50. The predicted octanol–water partition coefficient (Wildman–Crippen LogP) is 2.80. The minimum atomic E-state index is 0.00442. The minimum absolute atomic E-state index is 0.00442. The number of amides is 1. The average Bonchev–Trinajstić information content (AvgIpc) is 2.90. The van der Waals surface area contributed by atoms with Crippen molar-refractivity contribution in [2.45, 2.75) is 6.92 Å². The van der Waals surface area contributed by atoms with Crippen LogP contribution in [0.3, 0.4) is 0 Å². The molecule has 0 N–H and O–H groups in total. The van der Waals surface area contributed by atoms with Crippen LogP contribution in [0.4, 0.5) is 0 Å². The van der Waals surface area contributed by atoms with Crippen LogP contribution in [0.25, 0.3) is 11.3 Å². The summed E-state index contributed by atoms with van der Waals surface area (Å²) < 4.78 is 6.42. The maximum atomic E-state index is 12.8. The molecule has 0 radical (unpaired) electrons. The van der Waals surface area contributed by atoms with Gasteiger partial charge in [-0.3, -0.25) is 4.79 Å². The normalized spacial score (nSPS) is 16.0. The Kier molecular flexibility index (Phi) is 4.31. The summed E-state index contributed by atoms with van der Waals surface area (Å²) in [5, 5.41) is 4.00. The highest BCUT2D eigenvalue weighted by molar-refractivity contribution is 9.10. The first-order valence-corrected chi connectivity index (χ1v) is 8.05. The van der Waals surface area contributed by atoms with Crippen molar-refractivity contribution in [2.75, 3.05) is 33.2 Å². The van der Waals surface area contributed by atoms with Crippen LogP contribution in [0.15, 0.2) is 33.3 Å². The highest BCUT2D eigenvalue weighted by Crippen LogP contribution is 2.28. The number of hydrogen-bond acceptors (Lipinski definition) is 4. The first-order chi connectivity index (χ1) is 10.6. The van der Waals surface area contributed by atoms with E-state index in [2.05, 4.69) is 33.0 Å². The van der Waals surface area contributed by atoms with E-state index in [0.717, 1.165) is 36.2 Å². The molecule has 0 bridgehead atoms. The van der Waals surface area contributed by atoms with Crippen molar-refractivity contribution in [1.29, 1.82) is 0 Å². The Morgan fingerprint density at radius 3 is 2.45 bits per heavy atom. The molecular formula is C16H18BrN3O2. The fourth-order valence-electron chi connectivity index (χ4n) is 2.59. The zero-order chi connectivity index (χ0) is 15.7. The monoisotopic (exact) mass is 363 g/mol. The lowest BCUT2D eigenvalue weighted by atomic mass is 10.1. The van der Waals surface area contributed by atoms with Crippen molar-refractivity contribution in [3.8, 4) is 11.3 Å². The number of aryl methyl sites for hydroxylation is 1. The molecule has 6 heteroatoms. The van der Waals surface area contributed by atoms with E-state index < -0.39 is 0 Å². The Morgan fingerprint density at radius 2 is 1.82 bits per heavy atom. The maximum Gasteiger partial charge on any atom is 0.259 e. The van der Waals surface area contributed by atoms with Gasteiger partial charge >= 0.3 is 0 Å². The summed E-state index contributed by atoms with van der Waals surface area (Å²) in [4.78, 5) is 16.9. The van der Waals surface area contributed by atoms with Crippen molar-refractivity contribution in [1.82, 2.24) is 15.0 Å². The fraction of sp³-hybridized carbons (Fsp3) is 0.375. The van der Waals surface area contributed by atoms with Gasteiger partial charge in [0.25, 0.3) is 5.91 Å². The van der Waals surface area contributed by atoms with Crippen molar-refractivity contribution in [3.63, 3.8) is 0 Å². The molecule has 1 aromatic carbocycles.